The molecule has 1 aromatic heterocycles. The van der Waals surface area contributed by atoms with E-state index in [4.69, 9.17) is 10.1 Å². The van der Waals surface area contributed by atoms with Crippen LogP contribution in [0.4, 0.5) is 0 Å². The Morgan fingerprint density at radius 1 is 1.29 bits per heavy atom. The van der Waals surface area contributed by atoms with E-state index in [0.29, 0.717) is 11.5 Å². The van der Waals surface area contributed by atoms with E-state index in [-0.39, 0.29) is 12.3 Å². The van der Waals surface area contributed by atoms with Crippen LogP contribution in [-0.4, -0.2) is 28.0 Å². The van der Waals surface area contributed by atoms with E-state index in [1.54, 1.807) is 6.92 Å². The number of nitrogens with one attached hydrogen (secondary N) is 1. The van der Waals surface area contributed by atoms with Gasteiger partial charge in [0, 0.05) is 23.0 Å². The van der Waals surface area contributed by atoms with Crippen molar-refractivity contribution in [3.63, 3.8) is 0 Å². The number of carbonyl (C=O) groups is 2. The number of aliphatic carboxylic acids is 1. The molecule has 1 fully saturated rings. The van der Waals surface area contributed by atoms with E-state index in [2.05, 4.69) is 11.4 Å². The summed E-state index contributed by atoms with van der Waals surface area (Å²) >= 11 is 0. The Hall–Kier alpha value is -2.43. The molecule has 5 heteroatoms. The number of fused-ring (bicyclic) bond motifs is 1. The van der Waals surface area contributed by atoms with E-state index in [1.807, 2.05) is 26.0 Å². The molecule has 1 heterocycles. The van der Waals surface area contributed by atoms with Gasteiger partial charge in [-0.25, -0.2) is 0 Å². The number of carboxylic acids is 1. The Bertz CT molecular complexity index is 825. The normalized spacial score (nSPS) is 15.3. The zero-order chi connectivity index (χ0) is 17.4. The molecule has 2 aromatic rings. The summed E-state index contributed by atoms with van der Waals surface area (Å²) in [5.74, 6) is -0.714. The summed E-state index contributed by atoms with van der Waals surface area (Å²) in [6, 6.07) is 5.50. The van der Waals surface area contributed by atoms with Crippen LogP contribution in [0, 0.1) is 13.8 Å². The average Bonchev–Trinajstić information content (AvgIpc) is 3.29. The minimum atomic E-state index is -0.923. The monoisotopic (exact) mass is 326 g/mol. The second-order valence-corrected chi connectivity index (χ2v) is 6.82. The average molecular weight is 326 g/mol. The first-order valence-electron chi connectivity index (χ1n) is 8.29. The Morgan fingerprint density at radius 2 is 2.00 bits per heavy atom. The molecule has 1 aliphatic rings. The number of benzene rings is 1. The van der Waals surface area contributed by atoms with Gasteiger partial charge in [0.05, 0.1) is 17.5 Å². The molecule has 1 aliphatic carbocycles. The molecule has 1 amide bonds. The summed E-state index contributed by atoms with van der Waals surface area (Å²) < 4.78 is 0. The summed E-state index contributed by atoms with van der Waals surface area (Å²) in [6.45, 7) is 5.71. The number of hydrogen-bond acceptors (Lipinski definition) is 3. The van der Waals surface area contributed by atoms with Crippen LogP contribution < -0.4 is 5.32 Å². The minimum Gasteiger partial charge on any atom is -0.481 e. The van der Waals surface area contributed by atoms with Gasteiger partial charge in [-0.05, 0) is 51.3 Å². The Morgan fingerprint density at radius 3 is 2.62 bits per heavy atom. The molecule has 0 saturated heterocycles. The maximum absolute atomic E-state index is 12.7. The Kier molecular flexibility index (Phi) is 4.26. The van der Waals surface area contributed by atoms with Crippen molar-refractivity contribution < 1.29 is 14.7 Å². The van der Waals surface area contributed by atoms with Crippen LogP contribution in [0.15, 0.2) is 18.2 Å². The number of carbonyl (C=O) groups excluding carboxylic acids is 1. The molecular formula is C19H22N2O3. The van der Waals surface area contributed by atoms with E-state index in [1.165, 1.54) is 0 Å². The summed E-state index contributed by atoms with van der Waals surface area (Å²) in [4.78, 5) is 28.3. The fourth-order valence-electron chi connectivity index (χ4n) is 3.09. The van der Waals surface area contributed by atoms with Crippen molar-refractivity contribution in [3.8, 4) is 0 Å². The largest absolute Gasteiger partial charge is 0.481 e. The molecule has 0 spiro atoms. The smallest absolute Gasteiger partial charge is 0.305 e. The van der Waals surface area contributed by atoms with Gasteiger partial charge in [-0.15, -0.1) is 0 Å². The third-order valence-electron chi connectivity index (χ3n) is 4.37. The van der Waals surface area contributed by atoms with Gasteiger partial charge in [0.25, 0.3) is 5.91 Å². The van der Waals surface area contributed by atoms with Crippen molar-refractivity contribution in [1.29, 1.82) is 0 Å². The fraction of sp³-hybridized carbons (Fsp3) is 0.421. The summed E-state index contributed by atoms with van der Waals surface area (Å²) in [6.07, 6.45) is 2.13. The van der Waals surface area contributed by atoms with Crippen molar-refractivity contribution in [3.05, 3.63) is 40.6 Å². The first-order valence-corrected chi connectivity index (χ1v) is 8.29. The third kappa shape index (κ3) is 3.40. The van der Waals surface area contributed by atoms with Gasteiger partial charge in [0.1, 0.15) is 0 Å². The first-order chi connectivity index (χ1) is 11.3. The second kappa shape index (κ2) is 6.23. The van der Waals surface area contributed by atoms with Gasteiger partial charge >= 0.3 is 5.97 Å². The Balaban J connectivity index is 2.04. The number of carboxylic acid groups (broad SMARTS) is 1. The molecule has 0 bridgehead atoms. The highest BCUT2D eigenvalue weighted by molar-refractivity contribution is 6.07. The van der Waals surface area contributed by atoms with E-state index < -0.39 is 12.0 Å². The predicted molar refractivity (Wildman–Crippen MR) is 92.4 cm³/mol. The molecule has 1 atom stereocenters. The molecule has 0 radical (unpaired) electrons. The molecular weight excluding hydrogens is 304 g/mol. The Labute approximate surface area is 141 Å². The molecule has 5 nitrogen and oxygen atoms in total. The third-order valence-corrected chi connectivity index (χ3v) is 4.37. The van der Waals surface area contributed by atoms with E-state index in [9.17, 15) is 9.59 Å². The van der Waals surface area contributed by atoms with Gasteiger partial charge in [0.15, 0.2) is 0 Å². The standard InChI is InChI=1S/C19H22N2O3/c1-10-6-11(2)18-14(7-10)15(9-16(21-18)13-4-5-13)19(24)20-12(3)8-17(22)23/h6-7,9,12-13H,4-5,8H2,1-3H3,(H,20,24)(H,22,23). The van der Waals surface area contributed by atoms with Gasteiger partial charge in [-0.3, -0.25) is 14.6 Å². The highest BCUT2D eigenvalue weighted by Gasteiger charge is 2.27. The maximum Gasteiger partial charge on any atom is 0.305 e. The highest BCUT2D eigenvalue weighted by atomic mass is 16.4. The topological polar surface area (TPSA) is 79.3 Å². The zero-order valence-electron chi connectivity index (χ0n) is 14.2. The number of rotatable bonds is 5. The lowest BCUT2D eigenvalue weighted by atomic mass is 10.00. The van der Waals surface area contributed by atoms with Crippen LogP contribution in [-0.2, 0) is 4.79 Å². The van der Waals surface area contributed by atoms with Crippen molar-refractivity contribution in [2.75, 3.05) is 0 Å². The number of amides is 1. The lowest BCUT2D eigenvalue weighted by Gasteiger charge is -2.15. The summed E-state index contributed by atoms with van der Waals surface area (Å²) in [5.41, 5.74) is 4.55. The molecule has 2 N–H and O–H groups in total. The molecule has 1 aromatic carbocycles. The quantitative estimate of drug-likeness (QED) is 0.883. The second-order valence-electron chi connectivity index (χ2n) is 6.82. The number of aromatic nitrogens is 1. The van der Waals surface area contributed by atoms with E-state index in [0.717, 1.165) is 40.6 Å². The fourth-order valence-corrected chi connectivity index (χ4v) is 3.09. The van der Waals surface area contributed by atoms with Crippen molar-refractivity contribution in [2.45, 2.75) is 52.0 Å². The van der Waals surface area contributed by atoms with Crippen molar-refractivity contribution in [1.82, 2.24) is 10.3 Å². The summed E-state index contributed by atoms with van der Waals surface area (Å²) in [7, 11) is 0. The van der Waals surface area contributed by atoms with Gasteiger partial charge in [-0.2, -0.15) is 0 Å². The van der Waals surface area contributed by atoms with Crippen molar-refractivity contribution in [2.24, 2.45) is 0 Å². The van der Waals surface area contributed by atoms with Crippen LogP contribution in [0.3, 0.4) is 0 Å². The van der Waals surface area contributed by atoms with Crippen molar-refractivity contribution >= 4 is 22.8 Å². The SMILES string of the molecule is Cc1cc(C)c2nc(C3CC3)cc(C(=O)NC(C)CC(=O)O)c2c1. The van der Waals surface area contributed by atoms with Crippen LogP contribution in [0.25, 0.3) is 10.9 Å². The van der Waals surface area contributed by atoms with Crippen LogP contribution in [0.2, 0.25) is 0 Å². The van der Waals surface area contributed by atoms with Crippen LogP contribution in [0.1, 0.15) is 59.3 Å². The lowest BCUT2D eigenvalue weighted by molar-refractivity contribution is -0.137. The number of aryl methyl sites for hydroxylation is 2. The van der Waals surface area contributed by atoms with Gasteiger partial charge in [0.2, 0.25) is 0 Å². The van der Waals surface area contributed by atoms with Gasteiger partial charge < -0.3 is 10.4 Å². The lowest BCUT2D eigenvalue weighted by Crippen LogP contribution is -2.34. The number of pyridine rings is 1. The zero-order valence-corrected chi connectivity index (χ0v) is 14.2. The number of hydrogen-bond donors (Lipinski definition) is 2. The molecule has 3 rings (SSSR count). The van der Waals surface area contributed by atoms with Gasteiger partial charge in [-0.1, -0.05) is 11.6 Å². The van der Waals surface area contributed by atoms with Crippen LogP contribution in [0.5, 0.6) is 0 Å². The molecule has 1 unspecified atom stereocenters. The molecule has 24 heavy (non-hydrogen) atoms. The number of nitrogens with zero attached hydrogens (tertiary/aromatic N) is 1. The maximum atomic E-state index is 12.7. The first kappa shape index (κ1) is 16.4. The minimum absolute atomic E-state index is 0.0949. The predicted octanol–water partition coefficient (Wildman–Crippen LogP) is 3.32. The molecule has 126 valence electrons. The van der Waals surface area contributed by atoms with E-state index >= 15 is 0 Å². The highest BCUT2D eigenvalue weighted by Crippen LogP contribution is 2.40. The summed E-state index contributed by atoms with van der Waals surface area (Å²) in [5, 5.41) is 12.5. The molecule has 1 saturated carbocycles. The van der Waals surface area contributed by atoms with Crippen LogP contribution >= 0.6 is 0 Å². The molecule has 0 aliphatic heterocycles.